The van der Waals surface area contributed by atoms with E-state index in [1.165, 1.54) is 148 Å². The third-order valence-corrected chi connectivity index (χ3v) is 19.6. The molecular formula is C72H140O17P2. The maximum absolute atomic E-state index is 13.0. The molecule has 0 spiro atoms. The van der Waals surface area contributed by atoms with Crippen molar-refractivity contribution in [3.05, 3.63) is 0 Å². The number of aliphatic hydroxyl groups is 1. The molecule has 0 radical (unpaired) electrons. The number of carbonyl (C=O) groups excluding carboxylic acids is 4. The summed E-state index contributed by atoms with van der Waals surface area (Å²) in [5, 5.41) is 10.6. The topological polar surface area (TPSA) is 237 Å². The fraction of sp³-hybridized carbons (Fsp3) is 0.944. The summed E-state index contributed by atoms with van der Waals surface area (Å²) in [5.74, 6) is 0.931. The van der Waals surface area contributed by atoms with Gasteiger partial charge in [0.25, 0.3) is 0 Å². The molecule has 0 amide bonds. The molecule has 0 fully saturated rings. The lowest BCUT2D eigenvalue weighted by Gasteiger charge is -2.21. The number of aliphatic hydroxyl groups excluding tert-OH is 1. The zero-order chi connectivity index (χ0) is 67.5. The number of rotatable bonds is 69. The normalized spacial score (nSPS) is 15.1. The van der Waals surface area contributed by atoms with Crippen LogP contribution in [0.4, 0.5) is 0 Å². The summed E-state index contributed by atoms with van der Waals surface area (Å²) in [6.45, 7) is 14.1. The first kappa shape index (κ1) is 89.1. The van der Waals surface area contributed by atoms with Gasteiger partial charge in [-0.05, 0) is 49.4 Å². The second-order valence-electron chi connectivity index (χ2n) is 27.2. The highest BCUT2D eigenvalue weighted by Gasteiger charge is 2.30. The lowest BCUT2D eigenvalue weighted by Crippen LogP contribution is -2.30. The third-order valence-electron chi connectivity index (χ3n) is 17.7. The van der Waals surface area contributed by atoms with Gasteiger partial charge in [0.1, 0.15) is 19.3 Å². The number of carbonyl (C=O) groups is 4. The Hall–Kier alpha value is -1.94. The molecule has 540 valence electrons. The Kier molecular flexibility index (Phi) is 60.3. The molecule has 0 aromatic heterocycles. The number of unbranched alkanes of at least 4 members (excludes halogenated alkanes) is 32. The second kappa shape index (κ2) is 61.6. The molecule has 0 bridgehead atoms. The van der Waals surface area contributed by atoms with Gasteiger partial charge in [0.05, 0.1) is 26.4 Å². The molecule has 19 heteroatoms. The summed E-state index contributed by atoms with van der Waals surface area (Å²) in [7, 11) is -9.91. The Morgan fingerprint density at radius 2 is 0.527 bits per heavy atom. The van der Waals surface area contributed by atoms with Gasteiger partial charge in [0, 0.05) is 25.7 Å². The first-order valence-electron chi connectivity index (χ1n) is 37.3. The van der Waals surface area contributed by atoms with Crippen molar-refractivity contribution in [2.45, 2.75) is 375 Å². The number of ether oxygens (including phenoxy) is 4. The minimum absolute atomic E-state index is 0.104. The van der Waals surface area contributed by atoms with Crippen LogP contribution in [0.25, 0.3) is 0 Å². The van der Waals surface area contributed by atoms with Gasteiger partial charge in [-0.3, -0.25) is 37.3 Å². The lowest BCUT2D eigenvalue weighted by atomic mass is 9.99. The minimum Gasteiger partial charge on any atom is -0.462 e. The Morgan fingerprint density at radius 3 is 0.780 bits per heavy atom. The maximum atomic E-state index is 13.0. The quantitative estimate of drug-likeness (QED) is 0.0222. The fourth-order valence-corrected chi connectivity index (χ4v) is 12.3. The van der Waals surface area contributed by atoms with Gasteiger partial charge in [0.2, 0.25) is 0 Å². The van der Waals surface area contributed by atoms with Crippen molar-refractivity contribution in [2.75, 3.05) is 39.6 Å². The smallest absolute Gasteiger partial charge is 0.462 e. The predicted octanol–water partition coefficient (Wildman–Crippen LogP) is 20.5. The highest BCUT2D eigenvalue weighted by Crippen LogP contribution is 2.45. The number of esters is 4. The molecule has 0 saturated carbocycles. The Bertz CT molecular complexity index is 1800. The van der Waals surface area contributed by atoms with Crippen LogP contribution in [0.3, 0.4) is 0 Å². The molecule has 0 saturated heterocycles. The van der Waals surface area contributed by atoms with Crippen molar-refractivity contribution < 1.29 is 80.2 Å². The number of phosphoric acid groups is 2. The lowest BCUT2D eigenvalue weighted by molar-refractivity contribution is -0.161. The van der Waals surface area contributed by atoms with Crippen molar-refractivity contribution in [1.82, 2.24) is 0 Å². The van der Waals surface area contributed by atoms with Gasteiger partial charge in [-0.15, -0.1) is 0 Å². The Morgan fingerprint density at radius 1 is 0.308 bits per heavy atom. The average Bonchev–Trinajstić information content (AvgIpc) is 3.57. The average molecular weight is 1340 g/mol. The number of hydrogen-bond donors (Lipinski definition) is 3. The highest BCUT2D eigenvalue weighted by molar-refractivity contribution is 7.47. The molecule has 5 unspecified atom stereocenters. The Labute approximate surface area is 556 Å². The standard InChI is InChI=1S/C72H140O17P2/c1-9-63(6)49-41-33-25-21-16-14-12-13-15-17-22-26-38-46-54-71(76)88-67(58-82-69(74)52-44-36-30-28-34-42-50-64(7)10-2)60-86-90(78,79)84-56-66(73)57-85-91(80,81)87-61-68(59-83-70(75)53-45-37-31-29-35-43-51-65(8)11-3)89-72(77)55-47-39-27-23-19-18-20-24-32-40-48-62(4)5/h62-68,73H,9-61H2,1-8H3,(H,78,79)(H,80,81)/t63?,64?,65?,66-,67-,68-/m1/s1. The zero-order valence-corrected chi connectivity index (χ0v) is 61.3. The van der Waals surface area contributed by atoms with Crippen LogP contribution in [0.15, 0.2) is 0 Å². The van der Waals surface area contributed by atoms with Crippen molar-refractivity contribution in [1.29, 1.82) is 0 Å². The van der Waals surface area contributed by atoms with E-state index in [4.69, 9.17) is 37.0 Å². The van der Waals surface area contributed by atoms with Crippen LogP contribution in [-0.4, -0.2) is 96.7 Å². The van der Waals surface area contributed by atoms with E-state index in [-0.39, 0.29) is 25.7 Å². The highest BCUT2D eigenvalue weighted by atomic mass is 31.2. The first-order chi connectivity index (χ1) is 43.7. The minimum atomic E-state index is -4.95. The van der Waals surface area contributed by atoms with Crippen LogP contribution in [-0.2, 0) is 65.4 Å². The van der Waals surface area contributed by atoms with E-state index >= 15 is 0 Å². The molecule has 3 N–H and O–H groups in total. The SMILES string of the molecule is CCC(C)CCCCCCCCCCCCCCCCC(=O)O[C@H](COC(=O)CCCCCCCCC(C)CC)COP(=O)(O)OC[C@@H](O)COP(=O)(O)OC[C@@H](COC(=O)CCCCCCCCC(C)CC)OC(=O)CCCCCCCCCCCCC(C)C. The molecule has 0 aliphatic carbocycles. The van der Waals surface area contributed by atoms with E-state index < -0.39 is 97.5 Å². The van der Waals surface area contributed by atoms with E-state index in [1.54, 1.807) is 0 Å². The summed E-state index contributed by atoms with van der Waals surface area (Å²) in [5.41, 5.74) is 0. The van der Waals surface area contributed by atoms with Gasteiger partial charge in [0.15, 0.2) is 12.2 Å². The van der Waals surface area contributed by atoms with Crippen LogP contribution >= 0.6 is 15.6 Å². The van der Waals surface area contributed by atoms with E-state index in [1.807, 2.05) is 0 Å². The number of hydrogen-bond acceptors (Lipinski definition) is 15. The molecule has 91 heavy (non-hydrogen) atoms. The van der Waals surface area contributed by atoms with Crippen LogP contribution in [0.2, 0.25) is 0 Å². The molecule has 0 aliphatic heterocycles. The van der Waals surface area contributed by atoms with Crippen molar-refractivity contribution in [3.8, 4) is 0 Å². The largest absolute Gasteiger partial charge is 0.472 e. The zero-order valence-electron chi connectivity index (χ0n) is 59.5. The van der Waals surface area contributed by atoms with Crippen molar-refractivity contribution >= 4 is 39.5 Å². The second-order valence-corrected chi connectivity index (χ2v) is 30.1. The third kappa shape index (κ3) is 62.6. The van der Waals surface area contributed by atoms with E-state index in [9.17, 15) is 43.2 Å². The van der Waals surface area contributed by atoms with Crippen LogP contribution in [0, 0.1) is 23.7 Å². The molecule has 17 nitrogen and oxygen atoms in total. The predicted molar refractivity (Wildman–Crippen MR) is 367 cm³/mol. The van der Waals surface area contributed by atoms with Gasteiger partial charge in [-0.1, -0.05) is 306 Å². The molecule has 0 aliphatic rings. The summed E-state index contributed by atoms with van der Waals surface area (Å²) in [6.07, 6.45) is 44.4. The molecule has 0 aromatic carbocycles. The Balaban J connectivity index is 5.23. The van der Waals surface area contributed by atoms with Gasteiger partial charge < -0.3 is 33.8 Å². The fourth-order valence-electron chi connectivity index (χ4n) is 10.7. The monoisotopic (exact) mass is 1340 g/mol. The molecular weight excluding hydrogens is 1200 g/mol. The van der Waals surface area contributed by atoms with Crippen LogP contribution in [0.1, 0.15) is 357 Å². The summed E-state index contributed by atoms with van der Waals surface area (Å²) in [6, 6.07) is 0. The summed E-state index contributed by atoms with van der Waals surface area (Å²) in [4.78, 5) is 72.6. The summed E-state index contributed by atoms with van der Waals surface area (Å²) >= 11 is 0. The van der Waals surface area contributed by atoms with E-state index in [0.717, 1.165) is 126 Å². The van der Waals surface area contributed by atoms with Gasteiger partial charge in [-0.2, -0.15) is 0 Å². The molecule has 0 rings (SSSR count). The van der Waals surface area contributed by atoms with Crippen LogP contribution in [0.5, 0.6) is 0 Å². The molecule has 0 heterocycles. The van der Waals surface area contributed by atoms with E-state index in [2.05, 4.69) is 55.4 Å². The van der Waals surface area contributed by atoms with Gasteiger partial charge >= 0.3 is 39.5 Å². The van der Waals surface area contributed by atoms with Crippen molar-refractivity contribution in [3.63, 3.8) is 0 Å². The van der Waals surface area contributed by atoms with E-state index in [0.29, 0.717) is 25.7 Å². The maximum Gasteiger partial charge on any atom is 0.472 e. The van der Waals surface area contributed by atoms with Crippen LogP contribution < -0.4 is 0 Å². The van der Waals surface area contributed by atoms with Gasteiger partial charge in [-0.25, -0.2) is 9.13 Å². The molecule has 0 aromatic rings. The first-order valence-corrected chi connectivity index (χ1v) is 40.3. The summed E-state index contributed by atoms with van der Waals surface area (Å²) < 4.78 is 68.3. The number of phosphoric ester groups is 2. The molecule has 8 atom stereocenters. The van der Waals surface area contributed by atoms with Crippen molar-refractivity contribution in [2.24, 2.45) is 23.7 Å².